The first-order valence-electron chi connectivity index (χ1n) is 9.79. The molecule has 3 unspecified atom stereocenters. The van der Waals surface area contributed by atoms with Crippen molar-refractivity contribution in [3.8, 4) is 0 Å². The number of aliphatic hydroxyl groups excluding tert-OH is 2. The average molecular weight is 423 g/mol. The number of hydroxylamine groups is 2. The molecule has 0 radical (unpaired) electrons. The largest absolute Gasteiger partial charge is 0.626 e. The zero-order valence-electron chi connectivity index (χ0n) is 17.1. The lowest BCUT2D eigenvalue weighted by atomic mass is 9.95. The molecule has 3 atom stereocenters. The van der Waals surface area contributed by atoms with Gasteiger partial charge in [-0.15, -0.1) is 0 Å². The van der Waals surface area contributed by atoms with Crippen molar-refractivity contribution in [2.75, 3.05) is 14.1 Å². The fourth-order valence-electron chi connectivity index (χ4n) is 2.93. The highest BCUT2D eigenvalue weighted by Gasteiger charge is 2.29. The van der Waals surface area contributed by atoms with Gasteiger partial charge in [0, 0.05) is 17.8 Å². The SMILES string of the molecule is CCCCCC(O)C(O)C(Cc1ccncc1)NC(=O)c1csc([N+](C)(C)[O-])n1. The van der Waals surface area contributed by atoms with Crippen LogP contribution >= 0.6 is 11.3 Å². The third kappa shape index (κ3) is 7.13. The van der Waals surface area contributed by atoms with Gasteiger partial charge in [-0.3, -0.25) is 9.78 Å². The molecule has 29 heavy (non-hydrogen) atoms. The molecule has 0 aliphatic rings. The fourth-order valence-corrected chi connectivity index (χ4v) is 3.71. The fraction of sp³-hybridized carbons (Fsp3) is 0.550. The molecule has 3 N–H and O–H groups in total. The number of nitrogens with one attached hydrogen (secondary N) is 1. The Morgan fingerprint density at radius 3 is 2.55 bits per heavy atom. The van der Waals surface area contributed by atoms with Crippen LogP contribution in [-0.4, -0.2) is 58.4 Å². The van der Waals surface area contributed by atoms with E-state index in [9.17, 15) is 20.2 Å². The van der Waals surface area contributed by atoms with Gasteiger partial charge in [-0.2, -0.15) is 4.98 Å². The molecular formula is C20H30N4O4S. The summed E-state index contributed by atoms with van der Waals surface area (Å²) in [6.07, 6.45) is 4.78. The highest BCUT2D eigenvalue weighted by molar-refractivity contribution is 7.13. The first kappa shape index (κ1) is 23.4. The number of thiazole rings is 1. The second kappa shape index (κ2) is 10.7. The molecule has 0 aliphatic carbocycles. The van der Waals surface area contributed by atoms with Crippen molar-refractivity contribution < 1.29 is 15.0 Å². The van der Waals surface area contributed by atoms with Crippen LogP contribution in [0, 0.1) is 5.21 Å². The van der Waals surface area contributed by atoms with Crippen molar-refractivity contribution in [3.63, 3.8) is 0 Å². The Morgan fingerprint density at radius 1 is 1.28 bits per heavy atom. The highest BCUT2D eigenvalue weighted by atomic mass is 32.1. The van der Waals surface area contributed by atoms with Gasteiger partial charge in [0.15, 0.2) is 0 Å². The Labute approximate surface area is 175 Å². The van der Waals surface area contributed by atoms with Crippen molar-refractivity contribution in [1.82, 2.24) is 19.9 Å². The van der Waals surface area contributed by atoms with Crippen molar-refractivity contribution in [1.29, 1.82) is 0 Å². The van der Waals surface area contributed by atoms with Gasteiger partial charge in [0.25, 0.3) is 11.0 Å². The lowest BCUT2D eigenvalue weighted by Crippen LogP contribution is -2.50. The van der Waals surface area contributed by atoms with Gasteiger partial charge < -0.3 is 25.4 Å². The van der Waals surface area contributed by atoms with E-state index in [0.717, 1.165) is 36.2 Å². The average Bonchev–Trinajstić information content (AvgIpc) is 3.18. The molecule has 0 aromatic carbocycles. The zero-order chi connectivity index (χ0) is 21.4. The van der Waals surface area contributed by atoms with Crippen molar-refractivity contribution in [2.24, 2.45) is 0 Å². The Bertz CT molecular complexity index is 763. The second-order valence-corrected chi connectivity index (χ2v) is 8.40. The number of pyridine rings is 1. The number of quaternary nitrogens is 1. The summed E-state index contributed by atoms with van der Waals surface area (Å²) >= 11 is 1.11. The van der Waals surface area contributed by atoms with Crippen LogP contribution in [0.25, 0.3) is 0 Å². The number of nitrogens with zero attached hydrogens (tertiary/aromatic N) is 3. The van der Waals surface area contributed by atoms with E-state index in [1.807, 2.05) is 0 Å². The number of unbranched alkanes of at least 4 members (excludes halogenated alkanes) is 2. The minimum Gasteiger partial charge on any atom is -0.626 e. The van der Waals surface area contributed by atoms with Gasteiger partial charge in [0.2, 0.25) is 0 Å². The first-order valence-corrected chi connectivity index (χ1v) is 10.7. The van der Waals surface area contributed by atoms with Crippen LogP contribution < -0.4 is 9.96 Å². The van der Waals surface area contributed by atoms with Crippen LogP contribution in [0.4, 0.5) is 5.13 Å². The number of aliphatic hydroxyl groups is 2. The number of hydrogen-bond donors (Lipinski definition) is 3. The molecule has 160 valence electrons. The van der Waals surface area contributed by atoms with E-state index in [1.165, 1.54) is 19.5 Å². The Kier molecular flexibility index (Phi) is 8.66. The minimum atomic E-state index is -1.13. The van der Waals surface area contributed by atoms with Crippen LogP contribution in [0.15, 0.2) is 29.9 Å². The maximum atomic E-state index is 12.7. The molecule has 9 heteroatoms. The first-order chi connectivity index (χ1) is 13.7. The molecule has 0 fully saturated rings. The summed E-state index contributed by atoms with van der Waals surface area (Å²) in [7, 11) is 2.87. The predicted molar refractivity (Wildman–Crippen MR) is 114 cm³/mol. The van der Waals surface area contributed by atoms with E-state index >= 15 is 0 Å². The normalized spacial score (nSPS) is 15.0. The maximum absolute atomic E-state index is 12.7. The van der Waals surface area contributed by atoms with Crippen molar-refractivity contribution >= 4 is 22.4 Å². The van der Waals surface area contributed by atoms with Gasteiger partial charge in [0.05, 0.1) is 26.2 Å². The summed E-state index contributed by atoms with van der Waals surface area (Å²) in [5, 5.41) is 37.7. The third-order valence-corrected chi connectivity index (χ3v) is 5.70. The van der Waals surface area contributed by atoms with Crippen molar-refractivity contribution in [3.05, 3.63) is 46.4 Å². The van der Waals surface area contributed by atoms with Gasteiger partial charge in [0.1, 0.15) is 11.8 Å². The Hall–Kier alpha value is -1.91. The minimum absolute atomic E-state index is 0.124. The number of rotatable bonds is 11. The van der Waals surface area contributed by atoms with E-state index in [0.29, 0.717) is 12.8 Å². The molecule has 0 spiro atoms. The number of amides is 1. The van der Waals surface area contributed by atoms with Crippen LogP contribution in [0.3, 0.4) is 0 Å². The quantitative estimate of drug-likeness (QED) is 0.290. The van der Waals surface area contributed by atoms with E-state index in [1.54, 1.807) is 24.5 Å². The predicted octanol–water partition coefficient (Wildman–Crippen LogP) is 2.25. The standard InChI is InChI=1S/C20H30N4O4S/c1-4-5-6-7-17(25)18(26)15(12-14-8-10-21-11-9-14)22-19(27)16-13-29-20(23-16)24(2,3)28/h8-11,13,15,17-18,25-26H,4-7,12H2,1-3H3,(H,22,27). The topological polar surface area (TPSA) is 118 Å². The van der Waals surface area contributed by atoms with Crippen LogP contribution in [0.2, 0.25) is 0 Å². The molecule has 1 amide bonds. The van der Waals surface area contributed by atoms with E-state index < -0.39 is 28.8 Å². The number of hydrogen-bond acceptors (Lipinski definition) is 7. The maximum Gasteiger partial charge on any atom is 0.286 e. The summed E-state index contributed by atoms with van der Waals surface area (Å²) < 4.78 is -0.725. The summed E-state index contributed by atoms with van der Waals surface area (Å²) in [6.45, 7) is 2.07. The lowest BCUT2D eigenvalue weighted by molar-refractivity contribution is -0.00833. The smallest absolute Gasteiger partial charge is 0.286 e. The summed E-state index contributed by atoms with van der Waals surface area (Å²) in [4.78, 5) is 20.8. The Morgan fingerprint density at radius 2 is 1.97 bits per heavy atom. The van der Waals surface area contributed by atoms with E-state index in [-0.39, 0.29) is 10.8 Å². The van der Waals surface area contributed by atoms with Gasteiger partial charge in [-0.05, 0) is 30.5 Å². The van der Waals surface area contributed by atoms with Gasteiger partial charge in [-0.1, -0.05) is 37.5 Å². The summed E-state index contributed by atoms with van der Waals surface area (Å²) in [5.41, 5.74) is 1.00. The summed E-state index contributed by atoms with van der Waals surface area (Å²) in [6, 6.07) is 2.89. The van der Waals surface area contributed by atoms with E-state index in [4.69, 9.17) is 0 Å². The molecule has 2 heterocycles. The molecule has 2 rings (SSSR count). The molecule has 0 saturated carbocycles. The van der Waals surface area contributed by atoms with Gasteiger partial charge >= 0.3 is 0 Å². The second-order valence-electron chi connectivity index (χ2n) is 7.56. The molecule has 0 bridgehead atoms. The third-order valence-electron chi connectivity index (χ3n) is 4.62. The van der Waals surface area contributed by atoms with Gasteiger partial charge in [-0.25, -0.2) is 0 Å². The molecule has 8 nitrogen and oxygen atoms in total. The Balaban J connectivity index is 2.13. The molecule has 0 saturated heterocycles. The molecule has 2 aromatic heterocycles. The monoisotopic (exact) mass is 422 g/mol. The van der Waals surface area contributed by atoms with Crippen LogP contribution in [-0.2, 0) is 6.42 Å². The van der Waals surface area contributed by atoms with Crippen LogP contribution in [0.1, 0.15) is 48.7 Å². The zero-order valence-corrected chi connectivity index (χ0v) is 17.9. The number of aromatic nitrogens is 2. The highest BCUT2D eigenvalue weighted by Crippen LogP contribution is 2.23. The van der Waals surface area contributed by atoms with E-state index in [2.05, 4.69) is 22.2 Å². The van der Waals surface area contributed by atoms with Crippen molar-refractivity contribution in [2.45, 2.75) is 57.3 Å². The lowest BCUT2D eigenvalue weighted by Gasteiger charge is -2.29. The molecular weight excluding hydrogens is 392 g/mol. The molecule has 0 aliphatic heterocycles. The number of carbonyl (C=O) groups is 1. The van der Waals surface area contributed by atoms with Crippen LogP contribution in [0.5, 0.6) is 0 Å². The molecule has 2 aromatic rings. The number of carbonyl (C=O) groups excluding carboxylic acids is 1. The summed E-state index contributed by atoms with van der Waals surface area (Å²) in [5.74, 6) is -0.486.